The summed E-state index contributed by atoms with van der Waals surface area (Å²) >= 11 is 0. The summed E-state index contributed by atoms with van der Waals surface area (Å²) in [4.78, 5) is 46.5. The van der Waals surface area contributed by atoms with Crippen LogP contribution in [0.2, 0.25) is 0 Å². The first-order valence-electron chi connectivity index (χ1n) is 6.95. The summed E-state index contributed by atoms with van der Waals surface area (Å²) in [5, 5.41) is 20.3. The van der Waals surface area contributed by atoms with E-state index in [9.17, 15) is 29.7 Å². The number of carboxylic acids is 1. The summed E-state index contributed by atoms with van der Waals surface area (Å²) in [7, 11) is 2.56. The van der Waals surface area contributed by atoms with Gasteiger partial charge >= 0.3 is 11.7 Å². The first-order chi connectivity index (χ1) is 12.3. The Morgan fingerprint density at radius 2 is 1.31 bits per heavy atom. The van der Waals surface area contributed by atoms with Crippen molar-refractivity contribution >= 4 is 23.3 Å². The van der Waals surface area contributed by atoms with Crippen molar-refractivity contribution in [3.8, 4) is 0 Å². The third-order valence-electron chi connectivity index (χ3n) is 2.98. The number of aromatic carboxylic acids is 1. The Morgan fingerprint density at radius 1 is 0.846 bits per heavy atom. The van der Waals surface area contributed by atoms with Crippen molar-refractivity contribution < 1.29 is 34.1 Å². The maximum absolute atomic E-state index is 11.0. The second-order valence-corrected chi connectivity index (χ2v) is 4.57. The van der Waals surface area contributed by atoms with Crippen molar-refractivity contribution in [3.05, 3.63) is 74.7 Å². The molecule has 10 heteroatoms. The molecule has 0 aliphatic rings. The Morgan fingerprint density at radius 3 is 1.69 bits per heavy atom. The summed E-state index contributed by atoms with van der Waals surface area (Å²) in [6.45, 7) is 0. The number of methoxy groups -OCH3 is 1. The van der Waals surface area contributed by atoms with Crippen LogP contribution >= 0.6 is 0 Å². The fourth-order valence-corrected chi connectivity index (χ4v) is 1.66. The van der Waals surface area contributed by atoms with Crippen LogP contribution in [0.4, 0.5) is 11.4 Å². The van der Waals surface area contributed by atoms with Crippen LogP contribution in [0.1, 0.15) is 20.7 Å². The van der Waals surface area contributed by atoms with Crippen LogP contribution in [0.3, 0.4) is 0 Å². The van der Waals surface area contributed by atoms with Gasteiger partial charge in [0.15, 0.2) is 7.11 Å². The van der Waals surface area contributed by atoms with E-state index in [4.69, 9.17) is 0 Å². The highest BCUT2D eigenvalue weighted by Crippen LogP contribution is 2.13. The van der Waals surface area contributed by atoms with E-state index in [1.54, 1.807) is 0 Å². The summed E-state index contributed by atoms with van der Waals surface area (Å²) in [6.07, 6.45) is 0. The minimum atomic E-state index is -1.34. The minimum Gasteiger partial charge on any atom is -0.545 e. The van der Waals surface area contributed by atoms with Gasteiger partial charge in [-0.2, -0.15) is 0 Å². The van der Waals surface area contributed by atoms with Gasteiger partial charge in [0.2, 0.25) is 0 Å². The molecule has 0 aliphatic carbocycles. The molecule has 0 spiro atoms. The van der Waals surface area contributed by atoms with Crippen LogP contribution < -0.4 is 5.11 Å². The van der Waals surface area contributed by atoms with Gasteiger partial charge in [0.05, 0.1) is 28.5 Å². The van der Waals surface area contributed by atoms with Crippen LogP contribution in [0.15, 0.2) is 48.5 Å². The number of ether oxygens (including phenoxy) is 1. The van der Waals surface area contributed by atoms with E-state index >= 15 is 0 Å². The molecule has 2 aromatic rings. The highest BCUT2D eigenvalue weighted by molar-refractivity contribution is 5.89. The molecular formula is C16H14N2O8. The lowest BCUT2D eigenvalue weighted by Crippen LogP contribution is -2.21. The molecule has 0 bridgehead atoms. The predicted molar refractivity (Wildman–Crippen MR) is 85.5 cm³/mol. The van der Waals surface area contributed by atoms with Gasteiger partial charge in [-0.3, -0.25) is 10.1 Å². The minimum absolute atomic E-state index is 0.0689. The average molecular weight is 362 g/mol. The lowest BCUT2D eigenvalue weighted by molar-refractivity contribution is -0.736. The molecule has 0 atom stereocenters. The van der Waals surface area contributed by atoms with Crippen LogP contribution in [0.25, 0.3) is 0 Å². The summed E-state index contributed by atoms with van der Waals surface area (Å²) in [5.74, 6) is -1.78. The molecule has 10 nitrogen and oxygen atoms in total. The average Bonchev–Trinajstić information content (AvgIpc) is 2.67. The number of nitro benzene ring substituents is 1. The standard InChI is InChI=1S/C9H10NO4.C7H5NO4/c1-13-9(11)7-3-5-8(6-4-7)10(12)14-2;9-7(10)5-1-3-6(4-2-5)8(11)12/h3-6H,1-2H3;1-4H,(H,9,10)/q+1;/p-1. The molecule has 0 fully saturated rings. The van der Waals surface area contributed by atoms with Crippen LogP contribution in [-0.4, -0.2) is 36.0 Å². The number of hydrogen-bond acceptors (Lipinski definition) is 8. The largest absolute Gasteiger partial charge is 0.545 e. The topological polar surface area (TPSA) is 139 Å². The zero-order valence-electron chi connectivity index (χ0n) is 13.8. The third-order valence-corrected chi connectivity index (χ3v) is 2.98. The third kappa shape index (κ3) is 5.67. The lowest BCUT2D eigenvalue weighted by Gasteiger charge is -1.99. The maximum atomic E-state index is 11.0. The van der Waals surface area contributed by atoms with Gasteiger partial charge in [-0.1, -0.05) is 0 Å². The second kappa shape index (κ2) is 9.47. The predicted octanol–water partition coefficient (Wildman–Crippen LogP) is 1.40. The first-order valence-corrected chi connectivity index (χ1v) is 6.95. The van der Waals surface area contributed by atoms with Crippen molar-refractivity contribution in [2.45, 2.75) is 0 Å². The Bertz CT molecular complexity index is 732. The van der Waals surface area contributed by atoms with Gasteiger partial charge in [0.1, 0.15) is 0 Å². The highest BCUT2D eigenvalue weighted by atomic mass is 16.8. The van der Waals surface area contributed by atoms with Gasteiger partial charge in [-0.15, -0.1) is 0 Å². The number of hydrogen-bond donors (Lipinski definition) is 0. The molecule has 0 aliphatic heterocycles. The number of carbonyl (C=O) groups excluding carboxylic acids is 2. The molecule has 0 saturated carbocycles. The monoisotopic (exact) mass is 362 g/mol. The van der Waals surface area contributed by atoms with Gasteiger partial charge in [0, 0.05) is 24.3 Å². The number of non-ortho nitro benzene ring substituents is 1. The summed E-state index contributed by atoms with van der Waals surface area (Å²) in [5.41, 5.74) is 0.501. The van der Waals surface area contributed by atoms with E-state index in [2.05, 4.69) is 9.57 Å². The Hall–Kier alpha value is -3.82. The first kappa shape index (κ1) is 20.2. The Labute approximate surface area is 147 Å². The molecule has 136 valence electrons. The van der Waals surface area contributed by atoms with E-state index in [1.165, 1.54) is 38.5 Å². The van der Waals surface area contributed by atoms with Crippen molar-refractivity contribution in [1.82, 2.24) is 0 Å². The molecule has 0 aromatic heterocycles. The molecule has 0 amide bonds. The van der Waals surface area contributed by atoms with Crippen LogP contribution in [-0.2, 0) is 9.57 Å². The Kier molecular flexibility index (Phi) is 7.37. The summed E-state index contributed by atoms with van der Waals surface area (Å²) < 4.78 is 4.50. The van der Waals surface area contributed by atoms with E-state index in [0.717, 1.165) is 24.3 Å². The van der Waals surface area contributed by atoms with Gasteiger partial charge in [-0.05, 0) is 29.8 Å². The summed E-state index contributed by atoms with van der Waals surface area (Å²) in [6, 6.07) is 10.4. The number of carbonyl (C=O) groups is 2. The van der Waals surface area contributed by atoms with E-state index in [-0.39, 0.29) is 11.3 Å². The zero-order valence-corrected chi connectivity index (χ0v) is 13.8. The number of rotatable bonds is 5. The smallest absolute Gasteiger partial charge is 0.337 e. The number of carboxylic acid groups (broad SMARTS) is 1. The number of nitro groups is 1. The molecule has 0 N–H and O–H groups in total. The van der Waals surface area contributed by atoms with Gasteiger partial charge < -0.3 is 14.6 Å². The lowest BCUT2D eigenvalue weighted by atomic mass is 10.2. The molecule has 0 heterocycles. The molecular weight excluding hydrogens is 348 g/mol. The quantitative estimate of drug-likeness (QED) is 0.442. The molecule has 2 rings (SSSR count). The number of benzene rings is 2. The van der Waals surface area contributed by atoms with Gasteiger partial charge in [-0.25, -0.2) is 9.63 Å². The molecule has 26 heavy (non-hydrogen) atoms. The molecule has 0 saturated heterocycles. The zero-order chi connectivity index (χ0) is 19.7. The second-order valence-electron chi connectivity index (χ2n) is 4.57. The van der Waals surface area contributed by atoms with Gasteiger partial charge in [0.25, 0.3) is 10.6 Å². The normalized spacial score (nSPS) is 9.31. The molecule has 2 aromatic carbocycles. The maximum Gasteiger partial charge on any atom is 0.337 e. The van der Waals surface area contributed by atoms with Crippen molar-refractivity contribution in [2.75, 3.05) is 14.2 Å². The SMILES string of the molecule is COC(=O)c1ccc([N+](=O)OC)cc1.O=C([O-])c1ccc([N+](=O)[O-])cc1. The van der Waals surface area contributed by atoms with Crippen molar-refractivity contribution in [1.29, 1.82) is 0 Å². The highest BCUT2D eigenvalue weighted by Gasteiger charge is 2.14. The number of nitrogens with zero attached hydrogens (tertiary/aromatic N) is 2. The van der Waals surface area contributed by atoms with E-state index in [1.807, 2.05) is 0 Å². The molecule has 0 radical (unpaired) electrons. The van der Waals surface area contributed by atoms with Crippen molar-refractivity contribution in [3.63, 3.8) is 0 Å². The fraction of sp³-hybridized carbons (Fsp3) is 0.125. The number of esters is 1. The van der Waals surface area contributed by atoms with Crippen LogP contribution in [0.5, 0.6) is 0 Å². The fourth-order valence-electron chi connectivity index (χ4n) is 1.66. The molecule has 0 unspecified atom stereocenters. The van der Waals surface area contributed by atoms with Crippen molar-refractivity contribution in [2.24, 2.45) is 0 Å². The Balaban J connectivity index is 0.000000263. The van der Waals surface area contributed by atoms with Crippen LogP contribution in [0, 0.1) is 15.0 Å². The van der Waals surface area contributed by atoms with E-state index in [0.29, 0.717) is 16.2 Å². The van der Waals surface area contributed by atoms with E-state index < -0.39 is 16.9 Å².